The molecule has 2 heterocycles. The minimum Gasteiger partial charge on any atom is -0.338 e. The summed E-state index contributed by atoms with van der Waals surface area (Å²) in [6.45, 7) is 0.115. The van der Waals surface area contributed by atoms with E-state index in [1.54, 1.807) is 16.7 Å². The smallest absolute Gasteiger partial charge is 0.294 e. The van der Waals surface area contributed by atoms with Crippen molar-refractivity contribution in [3.8, 4) is 0 Å². The molecule has 4 aromatic rings. The van der Waals surface area contributed by atoms with E-state index in [0.29, 0.717) is 23.0 Å². The highest BCUT2D eigenvalue weighted by Crippen LogP contribution is 2.24. The maximum absolute atomic E-state index is 14.2. The highest BCUT2D eigenvalue weighted by atomic mass is 19.1. The molecule has 0 unspecified atom stereocenters. The number of hydrogen-bond acceptors (Lipinski definition) is 3. The molecule has 0 aliphatic heterocycles. The number of halogens is 3. The van der Waals surface area contributed by atoms with Crippen LogP contribution in [0.3, 0.4) is 0 Å². The normalized spacial score (nSPS) is 11.0. The van der Waals surface area contributed by atoms with Gasteiger partial charge >= 0.3 is 0 Å². The zero-order valence-electron chi connectivity index (χ0n) is 15.5. The number of nitrogens with one attached hydrogen (secondary N) is 1. The monoisotopic (exact) mass is 412 g/mol. The van der Waals surface area contributed by atoms with Crippen LogP contribution in [0.5, 0.6) is 0 Å². The number of carbonyl (C=O) groups is 1. The summed E-state index contributed by atoms with van der Waals surface area (Å²) >= 11 is 0. The van der Waals surface area contributed by atoms with Gasteiger partial charge in [-0.15, -0.1) is 0 Å². The van der Waals surface area contributed by atoms with Gasteiger partial charge in [-0.3, -0.25) is 9.59 Å². The first-order chi connectivity index (χ1) is 14.5. The van der Waals surface area contributed by atoms with Gasteiger partial charge in [-0.05, 0) is 30.3 Å². The molecule has 0 aliphatic carbocycles. The zero-order valence-corrected chi connectivity index (χ0v) is 15.5. The molecule has 9 heteroatoms. The van der Waals surface area contributed by atoms with Crippen LogP contribution in [-0.4, -0.2) is 20.5 Å². The van der Waals surface area contributed by atoms with Gasteiger partial charge in [-0.1, -0.05) is 6.07 Å². The summed E-state index contributed by atoms with van der Waals surface area (Å²) in [5.41, 5.74) is 0.929. The fourth-order valence-electron chi connectivity index (χ4n) is 3.34. The summed E-state index contributed by atoms with van der Waals surface area (Å²) < 4.78 is 44.3. The third-order valence-electron chi connectivity index (χ3n) is 4.73. The molecule has 0 saturated heterocycles. The highest BCUT2D eigenvalue weighted by Gasteiger charge is 2.14. The van der Waals surface area contributed by atoms with Crippen LogP contribution in [0.4, 0.5) is 19.0 Å². The lowest BCUT2D eigenvalue weighted by Crippen LogP contribution is -2.25. The van der Waals surface area contributed by atoms with Gasteiger partial charge in [0.2, 0.25) is 6.41 Å². The molecule has 0 saturated carbocycles. The van der Waals surface area contributed by atoms with E-state index in [4.69, 9.17) is 0 Å². The Morgan fingerprint density at radius 2 is 1.77 bits per heavy atom. The quantitative estimate of drug-likeness (QED) is 0.494. The number of carbonyl (C=O) groups excluding carboxylic acids is 1. The minimum absolute atomic E-state index is 0.0514. The molecule has 0 atom stereocenters. The van der Waals surface area contributed by atoms with Crippen LogP contribution in [0.2, 0.25) is 0 Å². The largest absolute Gasteiger partial charge is 0.338 e. The number of benzene rings is 2. The number of rotatable bonds is 6. The lowest BCUT2D eigenvalue weighted by molar-refractivity contribution is -0.105. The molecule has 0 fully saturated rings. The molecular formula is C21H15F3N4O2. The van der Waals surface area contributed by atoms with Gasteiger partial charge in [-0.2, -0.15) is 0 Å². The third-order valence-corrected chi connectivity index (χ3v) is 4.73. The first-order valence-electron chi connectivity index (χ1n) is 8.93. The van der Waals surface area contributed by atoms with Crippen LogP contribution >= 0.6 is 0 Å². The number of fused-ring (bicyclic) bond motifs is 1. The fourth-order valence-corrected chi connectivity index (χ4v) is 3.34. The first-order valence-corrected chi connectivity index (χ1v) is 8.93. The highest BCUT2D eigenvalue weighted by molar-refractivity contribution is 5.81. The minimum atomic E-state index is -0.705. The molecule has 152 valence electrons. The van der Waals surface area contributed by atoms with Crippen molar-refractivity contribution in [3.05, 3.63) is 93.9 Å². The Bertz CT molecular complexity index is 1310. The molecule has 0 aliphatic rings. The van der Waals surface area contributed by atoms with E-state index in [9.17, 15) is 22.8 Å². The second-order valence-corrected chi connectivity index (χ2v) is 6.63. The molecule has 0 radical (unpaired) electrons. The zero-order chi connectivity index (χ0) is 21.3. The Hall–Kier alpha value is -3.88. The Balaban J connectivity index is 1.81. The van der Waals surface area contributed by atoms with Gasteiger partial charge in [0.25, 0.3) is 5.56 Å². The van der Waals surface area contributed by atoms with Crippen molar-refractivity contribution in [3.63, 3.8) is 0 Å². The Kier molecular flexibility index (Phi) is 5.09. The molecule has 0 spiro atoms. The SMILES string of the molecule is O=CNc1nccn(Cc2cc3cc(F)ccc3n2Cc2ccc(F)cc2F)c1=O. The van der Waals surface area contributed by atoms with Gasteiger partial charge in [0, 0.05) is 40.6 Å². The molecule has 30 heavy (non-hydrogen) atoms. The molecular weight excluding hydrogens is 397 g/mol. The maximum Gasteiger partial charge on any atom is 0.294 e. The van der Waals surface area contributed by atoms with Crippen LogP contribution in [-0.2, 0) is 17.9 Å². The van der Waals surface area contributed by atoms with E-state index in [-0.39, 0.29) is 24.5 Å². The van der Waals surface area contributed by atoms with Gasteiger partial charge in [0.15, 0.2) is 5.82 Å². The van der Waals surface area contributed by atoms with E-state index in [1.807, 2.05) is 0 Å². The van der Waals surface area contributed by atoms with Crippen molar-refractivity contribution >= 4 is 23.1 Å². The van der Waals surface area contributed by atoms with Crippen LogP contribution in [0.15, 0.2) is 59.7 Å². The molecule has 1 N–H and O–H groups in total. The topological polar surface area (TPSA) is 68.9 Å². The van der Waals surface area contributed by atoms with E-state index < -0.39 is 23.0 Å². The van der Waals surface area contributed by atoms with E-state index in [2.05, 4.69) is 10.3 Å². The molecule has 1 amide bonds. The summed E-state index contributed by atoms with van der Waals surface area (Å²) in [5.74, 6) is -1.96. The Labute approximate surface area is 168 Å². The van der Waals surface area contributed by atoms with Crippen molar-refractivity contribution in [2.75, 3.05) is 5.32 Å². The summed E-state index contributed by atoms with van der Waals surface area (Å²) in [7, 11) is 0. The molecule has 2 aromatic heterocycles. The molecule has 2 aromatic carbocycles. The Morgan fingerprint density at radius 3 is 2.53 bits per heavy atom. The van der Waals surface area contributed by atoms with Crippen molar-refractivity contribution in [2.24, 2.45) is 0 Å². The van der Waals surface area contributed by atoms with Crippen molar-refractivity contribution < 1.29 is 18.0 Å². The van der Waals surface area contributed by atoms with Crippen LogP contribution in [0.1, 0.15) is 11.3 Å². The van der Waals surface area contributed by atoms with Gasteiger partial charge in [0.05, 0.1) is 13.1 Å². The Morgan fingerprint density at radius 1 is 1.00 bits per heavy atom. The number of anilines is 1. The standard InChI is InChI=1S/C21H15F3N4O2/c22-15-3-4-19-14(7-15)8-17(11-27-6-5-25-20(21(27)30)26-12-29)28(19)10-13-1-2-16(23)9-18(13)24/h1-9,12H,10-11H2,(H,25,26,29). The predicted octanol–water partition coefficient (Wildman–Crippen LogP) is 3.28. The molecule has 6 nitrogen and oxygen atoms in total. The van der Waals surface area contributed by atoms with Gasteiger partial charge < -0.3 is 14.5 Å². The van der Waals surface area contributed by atoms with Crippen molar-refractivity contribution in [2.45, 2.75) is 13.1 Å². The number of nitrogens with zero attached hydrogens (tertiary/aromatic N) is 3. The summed E-state index contributed by atoms with van der Waals surface area (Å²) in [6, 6.07) is 9.18. The number of aromatic nitrogens is 3. The average molecular weight is 412 g/mol. The third kappa shape index (κ3) is 3.69. The van der Waals surface area contributed by atoms with Gasteiger partial charge in [0.1, 0.15) is 17.5 Å². The van der Waals surface area contributed by atoms with Crippen LogP contribution < -0.4 is 10.9 Å². The average Bonchev–Trinajstić information content (AvgIpc) is 3.03. The summed E-state index contributed by atoms with van der Waals surface area (Å²) in [6.07, 6.45) is 3.16. The lowest BCUT2D eigenvalue weighted by atomic mass is 10.2. The predicted molar refractivity (Wildman–Crippen MR) is 105 cm³/mol. The summed E-state index contributed by atoms with van der Waals surface area (Å²) in [5, 5.41) is 2.81. The van der Waals surface area contributed by atoms with Crippen molar-refractivity contribution in [1.29, 1.82) is 0 Å². The molecule has 0 bridgehead atoms. The van der Waals surface area contributed by atoms with Crippen LogP contribution in [0.25, 0.3) is 10.9 Å². The van der Waals surface area contributed by atoms with E-state index in [0.717, 1.165) is 12.1 Å². The second kappa shape index (κ2) is 7.86. The lowest BCUT2D eigenvalue weighted by Gasteiger charge is -2.13. The van der Waals surface area contributed by atoms with E-state index in [1.165, 1.54) is 35.2 Å². The summed E-state index contributed by atoms with van der Waals surface area (Å²) in [4.78, 5) is 27.0. The fraction of sp³-hybridized carbons (Fsp3) is 0.0952. The van der Waals surface area contributed by atoms with Gasteiger partial charge in [-0.25, -0.2) is 18.2 Å². The van der Waals surface area contributed by atoms with Crippen molar-refractivity contribution in [1.82, 2.24) is 14.1 Å². The van der Waals surface area contributed by atoms with E-state index >= 15 is 0 Å². The number of amides is 1. The molecule has 4 rings (SSSR count). The first kappa shape index (κ1) is 19.4. The second-order valence-electron chi connectivity index (χ2n) is 6.63. The van der Waals surface area contributed by atoms with Crippen LogP contribution in [0, 0.1) is 17.5 Å². The number of hydrogen-bond donors (Lipinski definition) is 1. The maximum atomic E-state index is 14.2.